The van der Waals surface area contributed by atoms with E-state index in [1.54, 1.807) is 6.33 Å². The molecule has 2 aromatic rings. The largest absolute Gasteiger partial charge is 0.376 e. The van der Waals surface area contributed by atoms with Crippen LogP contribution in [0.5, 0.6) is 0 Å². The van der Waals surface area contributed by atoms with Crippen LogP contribution in [0.25, 0.3) is 0 Å². The lowest BCUT2D eigenvalue weighted by Gasteiger charge is -2.22. The molecular weight excluding hydrogens is 515 g/mol. The molecule has 2 N–H and O–H groups in total. The Balaban J connectivity index is 0.00000289. The Bertz CT molecular complexity index is 877. The van der Waals surface area contributed by atoms with Crippen LogP contribution in [0, 0.1) is 0 Å². The monoisotopic (exact) mass is 552 g/mol. The molecule has 0 spiro atoms. The number of nitrogens with one attached hydrogen (secondary N) is 2. The van der Waals surface area contributed by atoms with Crippen LogP contribution in [0.1, 0.15) is 68.1 Å². The summed E-state index contributed by atoms with van der Waals surface area (Å²) in [4.78, 5) is 4.85. The smallest absolute Gasteiger partial charge is 0.191 e. The normalized spacial score (nSPS) is 19.2. The third-order valence-electron chi connectivity index (χ3n) is 6.36. The van der Waals surface area contributed by atoms with E-state index in [0.29, 0.717) is 6.54 Å². The van der Waals surface area contributed by atoms with Gasteiger partial charge in [-0.3, -0.25) is 4.99 Å². The van der Waals surface area contributed by atoms with Gasteiger partial charge in [0.2, 0.25) is 0 Å². The van der Waals surface area contributed by atoms with E-state index in [0.717, 1.165) is 50.7 Å². The molecule has 32 heavy (non-hydrogen) atoms. The van der Waals surface area contributed by atoms with Gasteiger partial charge in [0.05, 0.1) is 18.7 Å². The Morgan fingerprint density at radius 1 is 1.25 bits per heavy atom. The van der Waals surface area contributed by atoms with E-state index in [2.05, 4.69) is 57.4 Å². The Kier molecular flexibility index (Phi) is 9.77. The zero-order valence-electron chi connectivity index (χ0n) is 19.3. The molecule has 0 bridgehead atoms. The van der Waals surface area contributed by atoms with Crippen LogP contribution in [-0.2, 0) is 30.5 Å². The van der Waals surface area contributed by atoms with Crippen LogP contribution in [-0.4, -0.2) is 46.5 Å². The summed E-state index contributed by atoms with van der Waals surface area (Å²) in [7, 11) is 0. The van der Waals surface area contributed by atoms with Gasteiger partial charge in [0.25, 0.3) is 0 Å². The second kappa shape index (κ2) is 12.5. The number of fused-ring (bicyclic) bond motifs is 1. The minimum Gasteiger partial charge on any atom is -0.376 e. The molecule has 2 atom stereocenters. The molecule has 1 aromatic carbocycles. The second-order valence-electron chi connectivity index (χ2n) is 8.65. The van der Waals surface area contributed by atoms with Gasteiger partial charge in [-0.2, -0.15) is 0 Å². The number of benzene rings is 1. The molecule has 1 saturated heterocycles. The van der Waals surface area contributed by atoms with E-state index in [1.165, 1.54) is 42.4 Å². The number of aliphatic imine (C=N–C) groups is 1. The van der Waals surface area contributed by atoms with Gasteiger partial charge in [0, 0.05) is 26.1 Å². The van der Waals surface area contributed by atoms with E-state index >= 15 is 0 Å². The summed E-state index contributed by atoms with van der Waals surface area (Å²) in [5.74, 6) is 1.85. The average Bonchev–Trinajstić information content (AvgIpc) is 3.48. The predicted octanol–water partition coefficient (Wildman–Crippen LogP) is 3.81. The first-order chi connectivity index (χ1) is 15.2. The number of ether oxygens (including phenoxy) is 1. The lowest BCUT2D eigenvalue weighted by molar-refractivity contribution is 0.117. The number of guanidine groups is 1. The summed E-state index contributed by atoms with van der Waals surface area (Å²) >= 11 is 0. The molecule has 1 aliphatic carbocycles. The molecule has 8 heteroatoms. The summed E-state index contributed by atoms with van der Waals surface area (Å²) in [6.45, 7) is 7.44. The molecule has 2 heterocycles. The molecule has 0 radical (unpaired) electrons. The topological polar surface area (TPSA) is 76.4 Å². The first-order valence-corrected chi connectivity index (χ1v) is 11.9. The van der Waals surface area contributed by atoms with Crippen molar-refractivity contribution in [2.45, 2.75) is 77.5 Å². The quantitative estimate of drug-likeness (QED) is 0.296. The van der Waals surface area contributed by atoms with Crippen LogP contribution in [0.3, 0.4) is 0 Å². The minimum absolute atomic E-state index is 0. The molecule has 7 nitrogen and oxygen atoms in total. The molecule has 4 rings (SSSR count). The Morgan fingerprint density at radius 2 is 2.09 bits per heavy atom. The van der Waals surface area contributed by atoms with Crippen molar-refractivity contribution in [3.63, 3.8) is 0 Å². The summed E-state index contributed by atoms with van der Waals surface area (Å²) in [6.07, 6.45) is 10.2. The minimum atomic E-state index is 0. The maximum Gasteiger partial charge on any atom is 0.191 e. The first kappa shape index (κ1) is 25.0. The zero-order valence-corrected chi connectivity index (χ0v) is 21.7. The van der Waals surface area contributed by atoms with E-state index in [9.17, 15) is 0 Å². The van der Waals surface area contributed by atoms with Gasteiger partial charge in [-0.15, -0.1) is 34.2 Å². The summed E-state index contributed by atoms with van der Waals surface area (Å²) in [5.41, 5.74) is 4.36. The number of rotatable bonds is 8. The highest BCUT2D eigenvalue weighted by molar-refractivity contribution is 14.0. The second-order valence-corrected chi connectivity index (χ2v) is 8.65. The molecule has 2 aliphatic rings. The number of hydrogen-bond acceptors (Lipinski definition) is 4. The fourth-order valence-corrected chi connectivity index (χ4v) is 4.48. The van der Waals surface area contributed by atoms with E-state index < -0.39 is 0 Å². The number of halogens is 1. The van der Waals surface area contributed by atoms with Gasteiger partial charge in [0.15, 0.2) is 5.96 Å². The highest BCUT2D eigenvalue weighted by Crippen LogP contribution is 2.24. The molecule has 2 unspecified atom stereocenters. The summed E-state index contributed by atoms with van der Waals surface area (Å²) in [6, 6.07) is 7.15. The van der Waals surface area contributed by atoms with Crippen molar-refractivity contribution in [3.8, 4) is 0 Å². The van der Waals surface area contributed by atoms with Crippen molar-refractivity contribution in [1.82, 2.24) is 25.4 Å². The molecule has 1 aromatic heterocycles. The van der Waals surface area contributed by atoms with E-state index in [4.69, 9.17) is 9.73 Å². The van der Waals surface area contributed by atoms with Crippen molar-refractivity contribution in [1.29, 1.82) is 0 Å². The van der Waals surface area contributed by atoms with Crippen LogP contribution in [0.2, 0.25) is 0 Å². The highest BCUT2D eigenvalue weighted by Gasteiger charge is 2.17. The van der Waals surface area contributed by atoms with Crippen LogP contribution < -0.4 is 10.6 Å². The Morgan fingerprint density at radius 3 is 2.88 bits per heavy atom. The van der Waals surface area contributed by atoms with Gasteiger partial charge < -0.3 is 19.9 Å². The van der Waals surface area contributed by atoms with Crippen molar-refractivity contribution in [2.24, 2.45) is 4.99 Å². The molecular formula is C24H37IN6O. The lowest BCUT2D eigenvalue weighted by atomic mass is 9.89. The maximum absolute atomic E-state index is 5.77. The predicted molar refractivity (Wildman–Crippen MR) is 139 cm³/mol. The van der Waals surface area contributed by atoms with Crippen molar-refractivity contribution in [3.05, 3.63) is 47.0 Å². The number of aryl methyl sites for hydroxylation is 3. The molecule has 176 valence electrons. The average molecular weight is 553 g/mol. The van der Waals surface area contributed by atoms with Crippen LogP contribution in [0.4, 0.5) is 0 Å². The third kappa shape index (κ3) is 6.66. The summed E-state index contributed by atoms with van der Waals surface area (Å²) < 4.78 is 7.86. The van der Waals surface area contributed by atoms with Gasteiger partial charge in [-0.1, -0.05) is 25.1 Å². The van der Waals surface area contributed by atoms with E-state index in [-0.39, 0.29) is 36.1 Å². The first-order valence-electron chi connectivity index (χ1n) is 11.9. The number of aromatic nitrogens is 3. The number of nitrogens with zero attached hydrogens (tertiary/aromatic N) is 4. The van der Waals surface area contributed by atoms with Crippen molar-refractivity contribution in [2.75, 3.05) is 19.7 Å². The van der Waals surface area contributed by atoms with E-state index in [1.807, 2.05) is 0 Å². The van der Waals surface area contributed by atoms with Crippen molar-refractivity contribution >= 4 is 29.9 Å². The maximum atomic E-state index is 5.77. The van der Waals surface area contributed by atoms with Gasteiger partial charge in [-0.25, -0.2) is 0 Å². The van der Waals surface area contributed by atoms with Gasteiger partial charge >= 0.3 is 0 Å². The fourth-order valence-electron chi connectivity index (χ4n) is 4.48. The van der Waals surface area contributed by atoms with Crippen LogP contribution in [0.15, 0.2) is 29.5 Å². The lowest BCUT2D eigenvalue weighted by Crippen LogP contribution is -2.41. The Labute approximate surface area is 208 Å². The molecule has 0 amide bonds. The molecule has 1 aliphatic heterocycles. The molecule has 1 fully saturated rings. The third-order valence-corrected chi connectivity index (χ3v) is 6.36. The summed E-state index contributed by atoms with van der Waals surface area (Å²) in [5, 5.41) is 15.3. The number of hydrogen-bond donors (Lipinski definition) is 2. The zero-order chi connectivity index (χ0) is 21.5. The highest BCUT2D eigenvalue weighted by atomic mass is 127. The SMILES string of the molecule is CCc1nncn1CCNC(=NCC1CCCO1)NC(C)c1ccc2c(c1)CCCC2.I. The van der Waals surface area contributed by atoms with Gasteiger partial charge in [-0.05, 0) is 62.1 Å². The molecule has 0 saturated carbocycles. The fraction of sp³-hybridized carbons (Fsp3) is 0.625. The Hall–Kier alpha value is -1.68. The van der Waals surface area contributed by atoms with Crippen molar-refractivity contribution < 1.29 is 4.74 Å². The van der Waals surface area contributed by atoms with Gasteiger partial charge in [0.1, 0.15) is 12.2 Å². The standard InChI is InChI=1S/C24H36N6O.HI/c1-3-23-29-27-17-30(23)13-12-25-24(26-16-22-9-6-14-31-22)28-18(2)20-11-10-19-7-4-5-8-21(19)15-20;/h10-11,15,17-18,22H,3-9,12-14,16H2,1-2H3,(H2,25,26,28);1H. The van der Waals surface area contributed by atoms with Crippen LogP contribution >= 0.6 is 24.0 Å².